The number of hydrogen-bond donors (Lipinski definition) is 1. The first kappa shape index (κ1) is 12.7. The minimum absolute atomic E-state index is 0.261. The van der Waals surface area contributed by atoms with Crippen molar-refractivity contribution in [1.29, 1.82) is 0 Å². The maximum Gasteiger partial charge on any atom is 0.350 e. The van der Waals surface area contributed by atoms with Crippen molar-refractivity contribution in [2.45, 2.75) is 37.9 Å². The Balaban J connectivity index is 1.94. The Labute approximate surface area is 121 Å². The van der Waals surface area contributed by atoms with E-state index in [0.29, 0.717) is 17.7 Å². The molecule has 5 nitrogen and oxygen atoms in total. The maximum absolute atomic E-state index is 12.2. The molecule has 2 aromatic rings. The van der Waals surface area contributed by atoms with Gasteiger partial charge >= 0.3 is 5.97 Å². The van der Waals surface area contributed by atoms with Crippen molar-refractivity contribution in [1.82, 2.24) is 0 Å². The maximum atomic E-state index is 12.2. The van der Waals surface area contributed by atoms with Crippen LogP contribution in [0, 0.1) is 0 Å². The Morgan fingerprint density at radius 1 is 1.52 bits per heavy atom. The van der Waals surface area contributed by atoms with Gasteiger partial charge in [-0.05, 0) is 43.9 Å². The van der Waals surface area contributed by atoms with Gasteiger partial charge in [0.2, 0.25) is 6.10 Å². The van der Waals surface area contributed by atoms with Crippen molar-refractivity contribution >= 4 is 16.9 Å². The molecule has 110 valence electrons. The number of benzene rings is 1. The first-order chi connectivity index (χ1) is 10.1. The van der Waals surface area contributed by atoms with E-state index in [1.54, 1.807) is 19.3 Å². The Kier molecular flexibility index (Phi) is 2.57. The van der Waals surface area contributed by atoms with E-state index in [0.717, 1.165) is 29.4 Å². The average Bonchev–Trinajstić information content (AvgIpc) is 2.95. The highest BCUT2D eigenvalue weighted by Crippen LogP contribution is 2.51. The van der Waals surface area contributed by atoms with E-state index in [1.807, 2.05) is 6.07 Å². The monoisotopic (exact) mass is 288 g/mol. The molecule has 0 saturated heterocycles. The van der Waals surface area contributed by atoms with Gasteiger partial charge in [-0.3, -0.25) is 0 Å². The SMILES string of the molecule is CCOC(=O)C1Oc2ccc3occ4c3c2C1(O)CCC4. The van der Waals surface area contributed by atoms with Crippen LogP contribution in [0.2, 0.25) is 0 Å². The van der Waals surface area contributed by atoms with Crippen molar-refractivity contribution in [2.24, 2.45) is 0 Å². The smallest absolute Gasteiger partial charge is 0.350 e. The molecule has 1 N–H and O–H groups in total. The van der Waals surface area contributed by atoms with Gasteiger partial charge in [0, 0.05) is 10.9 Å². The second-order valence-electron chi connectivity index (χ2n) is 5.60. The highest BCUT2D eigenvalue weighted by molar-refractivity contribution is 5.91. The Morgan fingerprint density at radius 2 is 2.38 bits per heavy atom. The van der Waals surface area contributed by atoms with E-state index in [4.69, 9.17) is 13.9 Å². The molecule has 0 spiro atoms. The summed E-state index contributed by atoms with van der Waals surface area (Å²) in [6, 6.07) is 3.57. The van der Waals surface area contributed by atoms with Gasteiger partial charge in [-0.2, -0.15) is 0 Å². The van der Waals surface area contributed by atoms with E-state index in [-0.39, 0.29) is 6.61 Å². The molecule has 0 bridgehead atoms. The number of hydrogen-bond acceptors (Lipinski definition) is 5. The van der Waals surface area contributed by atoms with E-state index in [2.05, 4.69) is 0 Å². The van der Waals surface area contributed by atoms with Crippen LogP contribution in [0.5, 0.6) is 5.75 Å². The molecule has 0 radical (unpaired) electrons. The number of esters is 1. The van der Waals surface area contributed by atoms with Gasteiger partial charge in [0.25, 0.3) is 0 Å². The molecule has 2 unspecified atom stereocenters. The van der Waals surface area contributed by atoms with Gasteiger partial charge in [-0.15, -0.1) is 0 Å². The fraction of sp³-hybridized carbons (Fsp3) is 0.438. The minimum atomic E-state index is -1.34. The second-order valence-corrected chi connectivity index (χ2v) is 5.60. The van der Waals surface area contributed by atoms with Crippen LogP contribution in [-0.4, -0.2) is 23.8 Å². The van der Waals surface area contributed by atoms with E-state index in [9.17, 15) is 9.90 Å². The number of furan rings is 1. The van der Waals surface area contributed by atoms with Crippen LogP contribution in [0.4, 0.5) is 0 Å². The summed E-state index contributed by atoms with van der Waals surface area (Å²) < 4.78 is 16.3. The van der Waals surface area contributed by atoms with Crippen molar-refractivity contribution in [3.63, 3.8) is 0 Å². The average molecular weight is 288 g/mol. The predicted molar refractivity (Wildman–Crippen MR) is 74.1 cm³/mol. The van der Waals surface area contributed by atoms with E-state index < -0.39 is 17.7 Å². The van der Waals surface area contributed by atoms with Crippen molar-refractivity contribution in [3.05, 3.63) is 29.5 Å². The Bertz CT molecular complexity index is 732. The third-order valence-electron chi connectivity index (χ3n) is 4.39. The lowest BCUT2D eigenvalue weighted by Crippen LogP contribution is -2.44. The number of aliphatic hydroxyl groups is 1. The van der Waals surface area contributed by atoms with Gasteiger partial charge in [-0.25, -0.2) is 4.79 Å². The first-order valence-electron chi connectivity index (χ1n) is 7.24. The standard InChI is InChI=1S/C16H16O5/c1-2-19-15(17)14-16(18)7-3-4-9-8-20-10-5-6-11(21-14)13(16)12(9)10/h5-6,8,14,18H,2-4,7H2,1H3. The topological polar surface area (TPSA) is 68.9 Å². The van der Waals surface area contributed by atoms with Crippen LogP contribution in [-0.2, 0) is 21.6 Å². The quantitative estimate of drug-likeness (QED) is 0.859. The number of ether oxygens (including phenoxy) is 2. The van der Waals surface area contributed by atoms with Crippen LogP contribution >= 0.6 is 0 Å². The van der Waals surface area contributed by atoms with Crippen molar-refractivity contribution in [3.8, 4) is 5.75 Å². The zero-order chi connectivity index (χ0) is 14.6. The molecule has 2 heterocycles. The number of aryl methyl sites for hydroxylation is 1. The van der Waals surface area contributed by atoms with Gasteiger partial charge in [-0.1, -0.05) is 0 Å². The van der Waals surface area contributed by atoms with Crippen molar-refractivity contribution in [2.75, 3.05) is 6.61 Å². The third kappa shape index (κ3) is 1.58. The minimum Gasteiger partial charge on any atom is -0.475 e. The van der Waals surface area contributed by atoms with Gasteiger partial charge < -0.3 is 19.0 Å². The van der Waals surface area contributed by atoms with Crippen LogP contribution < -0.4 is 4.74 Å². The summed E-state index contributed by atoms with van der Waals surface area (Å²) in [6.45, 7) is 2.00. The molecule has 1 aromatic carbocycles. The number of carbonyl (C=O) groups is 1. The van der Waals surface area contributed by atoms with Crippen LogP contribution in [0.3, 0.4) is 0 Å². The molecule has 1 aromatic heterocycles. The lowest BCUT2D eigenvalue weighted by molar-refractivity contribution is -0.163. The molecular formula is C16H16O5. The fourth-order valence-corrected chi connectivity index (χ4v) is 3.51. The molecule has 2 aliphatic rings. The zero-order valence-corrected chi connectivity index (χ0v) is 11.7. The molecule has 1 aliphatic heterocycles. The second kappa shape index (κ2) is 4.24. The molecular weight excluding hydrogens is 272 g/mol. The zero-order valence-electron chi connectivity index (χ0n) is 11.7. The first-order valence-corrected chi connectivity index (χ1v) is 7.24. The largest absolute Gasteiger partial charge is 0.475 e. The van der Waals surface area contributed by atoms with Gasteiger partial charge in [0.05, 0.1) is 12.9 Å². The highest BCUT2D eigenvalue weighted by Gasteiger charge is 2.54. The van der Waals surface area contributed by atoms with Gasteiger partial charge in [0.15, 0.2) is 0 Å². The van der Waals surface area contributed by atoms with Gasteiger partial charge in [0.1, 0.15) is 16.9 Å². The molecule has 5 heteroatoms. The van der Waals surface area contributed by atoms with Crippen LogP contribution in [0.1, 0.15) is 30.9 Å². The summed E-state index contributed by atoms with van der Waals surface area (Å²) >= 11 is 0. The lowest BCUT2D eigenvalue weighted by Gasteiger charge is -2.26. The van der Waals surface area contributed by atoms with Crippen LogP contribution in [0.15, 0.2) is 22.8 Å². The normalized spacial score (nSPS) is 26.5. The Hall–Kier alpha value is -2.01. The molecule has 1 aliphatic carbocycles. The van der Waals surface area contributed by atoms with Crippen LogP contribution in [0.25, 0.3) is 11.0 Å². The predicted octanol–water partition coefficient (Wildman–Crippen LogP) is 2.28. The summed E-state index contributed by atoms with van der Waals surface area (Å²) in [4.78, 5) is 12.2. The lowest BCUT2D eigenvalue weighted by atomic mass is 9.85. The summed E-state index contributed by atoms with van der Waals surface area (Å²) in [5.41, 5.74) is 1.12. The molecule has 4 rings (SSSR count). The third-order valence-corrected chi connectivity index (χ3v) is 4.39. The van der Waals surface area contributed by atoms with E-state index >= 15 is 0 Å². The summed E-state index contributed by atoms with van der Waals surface area (Å²) in [5.74, 6) is 0.0314. The summed E-state index contributed by atoms with van der Waals surface area (Å²) in [6.07, 6.45) is 2.78. The van der Waals surface area contributed by atoms with E-state index in [1.165, 1.54) is 0 Å². The fourth-order valence-electron chi connectivity index (χ4n) is 3.51. The summed E-state index contributed by atoms with van der Waals surface area (Å²) in [7, 11) is 0. The molecule has 2 atom stereocenters. The number of rotatable bonds is 2. The molecule has 21 heavy (non-hydrogen) atoms. The number of carbonyl (C=O) groups excluding carboxylic acids is 1. The van der Waals surface area contributed by atoms with Crippen molar-refractivity contribution < 1.29 is 23.8 Å². The Morgan fingerprint density at radius 3 is 3.19 bits per heavy atom. The highest BCUT2D eigenvalue weighted by atomic mass is 16.6. The molecule has 0 fully saturated rings. The summed E-state index contributed by atoms with van der Waals surface area (Å²) in [5, 5.41) is 12.1. The molecule has 0 saturated carbocycles. The molecule has 0 amide bonds.